The number of nitrogens with zero attached hydrogens (tertiary/aromatic N) is 1. The van der Waals surface area contributed by atoms with Gasteiger partial charge in [-0.25, -0.2) is 4.39 Å². The largest absolute Gasteiger partial charge is 0.337 e. The van der Waals surface area contributed by atoms with Crippen LogP contribution in [0, 0.1) is 5.82 Å². The molecule has 0 radical (unpaired) electrons. The molecule has 1 unspecified atom stereocenters. The van der Waals surface area contributed by atoms with Crippen LogP contribution < -0.4 is 5.32 Å². The summed E-state index contributed by atoms with van der Waals surface area (Å²) in [4.78, 5) is 13.9. The van der Waals surface area contributed by atoms with Crippen molar-refractivity contribution in [3.63, 3.8) is 0 Å². The summed E-state index contributed by atoms with van der Waals surface area (Å²) in [6.45, 7) is 4.19. The summed E-state index contributed by atoms with van der Waals surface area (Å²) < 4.78 is 13.6. The summed E-state index contributed by atoms with van der Waals surface area (Å²) in [5, 5.41) is 3.52. The Morgan fingerprint density at radius 2 is 2.39 bits per heavy atom. The molecule has 1 aromatic rings. The Morgan fingerprint density at radius 3 is 3.06 bits per heavy atom. The Hall–Kier alpha value is -1.13. The van der Waals surface area contributed by atoms with Crippen molar-refractivity contribution in [2.24, 2.45) is 0 Å². The summed E-state index contributed by atoms with van der Waals surface area (Å²) in [5.74, 6) is -0.491. The van der Waals surface area contributed by atoms with E-state index in [1.54, 1.807) is 17.0 Å². The van der Waals surface area contributed by atoms with Gasteiger partial charge in [-0.2, -0.15) is 0 Å². The standard InChI is InChI=1S/C13H16ClFN2O/c1-9-8-16-5-6-17(9)13(18)7-10-11(14)3-2-4-12(10)15/h2-4,9,16H,5-8H2,1H3. The fourth-order valence-corrected chi connectivity index (χ4v) is 2.40. The van der Waals surface area contributed by atoms with E-state index >= 15 is 0 Å². The molecule has 1 amide bonds. The van der Waals surface area contributed by atoms with Crippen molar-refractivity contribution in [2.75, 3.05) is 19.6 Å². The lowest BCUT2D eigenvalue weighted by molar-refractivity contribution is -0.133. The highest BCUT2D eigenvalue weighted by Gasteiger charge is 2.24. The lowest BCUT2D eigenvalue weighted by atomic mass is 10.1. The van der Waals surface area contributed by atoms with Gasteiger partial charge in [-0.15, -0.1) is 0 Å². The number of benzene rings is 1. The van der Waals surface area contributed by atoms with Crippen LogP contribution >= 0.6 is 11.6 Å². The third kappa shape index (κ3) is 2.82. The Morgan fingerprint density at radius 1 is 1.61 bits per heavy atom. The SMILES string of the molecule is CC1CNCCN1C(=O)Cc1c(F)cccc1Cl. The minimum absolute atomic E-state index is 0.0237. The predicted octanol–water partition coefficient (Wildman–Crippen LogP) is 1.84. The van der Waals surface area contributed by atoms with Crippen LogP contribution in [-0.4, -0.2) is 36.5 Å². The average molecular weight is 271 g/mol. The first kappa shape index (κ1) is 13.3. The van der Waals surface area contributed by atoms with Crippen molar-refractivity contribution >= 4 is 17.5 Å². The minimum atomic E-state index is -0.418. The van der Waals surface area contributed by atoms with Crippen LogP contribution in [0.3, 0.4) is 0 Å². The topological polar surface area (TPSA) is 32.3 Å². The highest BCUT2D eigenvalue weighted by molar-refractivity contribution is 6.31. The van der Waals surface area contributed by atoms with Gasteiger partial charge < -0.3 is 10.2 Å². The molecule has 1 heterocycles. The van der Waals surface area contributed by atoms with Crippen molar-refractivity contribution in [3.8, 4) is 0 Å². The molecule has 98 valence electrons. The Labute approximate surface area is 111 Å². The number of nitrogens with one attached hydrogen (secondary N) is 1. The average Bonchev–Trinajstić information content (AvgIpc) is 2.34. The second-order valence-corrected chi connectivity index (χ2v) is 4.92. The summed E-state index contributed by atoms with van der Waals surface area (Å²) >= 11 is 5.93. The third-order valence-electron chi connectivity index (χ3n) is 3.21. The van der Waals surface area contributed by atoms with Crippen molar-refractivity contribution in [1.29, 1.82) is 0 Å². The summed E-state index contributed by atoms with van der Waals surface area (Å²) in [6.07, 6.45) is 0.0237. The van der Waals surface area contributed by atoms with Crippen LogP contribution in [0.5, 0.6) is 0 Å². The van der Waals surface area contributed by atoms with Crippen LogP contribution in [-0.2, 0) is 11.2 Å². The molecule has 5 heteroatoms. The first-order valence-corrected chi connectivity index (χ1v) is 6.40. The van der Waals surface area contributed by atoms with Crippen LogP contribution in [0.2, 0.25) is 5.02 Å². The summed E-state index contributed by atoms with van der Waals surface area (Å²) in [7, 11) is 0. The molecular formula is C13H16ClFN2O. The molecule has 1 N–H and O–H groups in total. The molecule has 1 aliphatic rings. The van der Waals surface area contributed by atoms with Gasteiger partial charge >= 0.3 is 0 Å². The number of carbonyl (C=O) groups is 1. The summed E-state index contributed by atoms with van der Waals surface area (Å²) in [6, 6.07) is 4.61. The lowest BCUT2D eigenvalue weighted by Gasteiger charge is -2.34. The van der Waals surface area contributed by atoms with Crippen LogP contribution in [0.15, 0.2) is 18.2 Å². The molecular weight excluding hydrogens is 255 g/mol. The van der Waals surface area contributed by atoms with Crippen LogP contribution in [0.25, 0.3) is 0 Å². The second kappa shape index (κ2) is 5.67. The molecule has 2 rings (SSSR count). The zero-order chi connectivity index (χ0) is 13.1. The fraction of sp³-hybridized carbons (Fsp3) is 0.462. The summed E-state index contributed by atoms with van der Waals surface area (Å²) in [5.41, 5.74) is 0.287. The van der Waals surface area contributed by atoms with E-state index in [4.69, 9.17) is 11.6 Å². The lowest BCUT2D eigenvalue weighted by Crippen LogP contribution is -2.52. The third-order valence-corrected chi connectivity index (χ3v) is 3.57. The molecule has 1 fully saturated rings. The first-order valence-electron chi connectivity index (χ1n) is 6.02. The Kier molecular flexibility index (Phi) is 4.19. The van der Waals surface area contributed by atoms with E-state index in [2.05, 4.69) is 5.32 Å². The maximum atomic E-state index is 13.6. The van der Waals surface area contributed by atoms with Gasteiger partial charge in [0.2, 0.25) is 5.91 Å². The van der Waals surface area contributed by atoms with Gasteiger partial charge in [0, 0.05) is 36.3 Å². The van der Waals surface area contributed by atoms with Crippen molar-refractivity contribution < 1.29 is 9.18 Å². The van der Waals surface area contributed by atoms with E-state index in [1.807, 2.05) is 6.92 Å². The zero-order valence-electron chi connectivity index (χ0n) is 10.2. The number of halogens is 2. The molecule has 3 nitrogen and oxygen atoms in total. The number of rotatable bonds is 2. The number of carbonyl (C=O) groups excluding carboxylic acids is 1. The molecule has 0 aromatic heterocycles. The Bertz CT molecular complexity index is 432. The smallest absolute Gasteiger partial charge is 0.227 e. The number of hydrogen-bond donors (Lipinski definition) is 1. The van der Waals surface area contributed by atoms with Gasteiger partial charge in [0.25, 0.3) is 0 Å². The van der Waals surface area contributed by atoms with E-state index in [1.165, 1.54) is 6.07 Å². The van der Waals surface area contributed by atoms with Crippen molar-refractivity contribution in [3.05, 3.63) is 34.6 Å². The second-order valence-electron chi connectivity index (χ2n) is 4.52. The van der Waals surface area contributed by atoms with Gasteiger partial charge in [-0.3, -0.25) is 4.79 Å². The first-order chi connectivity index (χ1) is 8.59. The molecule has 1 saturated heterocycles. The number of amides is 1. The highest BCUT2D eigenvalue weighted by Crippen LogP contribution is 2.20. The molecule has 1 aliphatic heterocycles. The zero-order valence-corrected chi connectivity index (χ0v) is 11.0. The van der Waals surface area contributed by atoms with Crippen molar-refractivity contribution in [2.45, 2.75) is 19.4 Å². The van der Waals surface area contributed by atoms with E-state index in [9.17, 15) is 9.18 Å². The van der Waals surface area contributed by atoms with E-state index in [0.29, 0.717) is 11.6 Å². The normalized spacial score (nSPS) is 19.9. The van der Waals surface area contributed by atoms with Gasteiger partial charge in [0.15, 0.2) is 0 Å². The van der Waals surface area contributed by atoms with Crippen LogP contribution in [0.1, 0.15) is 12.5 Å². The van der Waals surface area contributed by atoms with E-state index < -0.39 is 5.82 Å². The van der Waals surface area contributed by atoms with Crippen molar-refractivity contribution in [1.82, 2.24) is 10.2 Å². The predicted molar refractivity (Wildman–Crippen MR) is 69.2 cm³/mol. The minimum Gasteiger partial charge on any atom is -0.337 e. The molecule has 0 spiro atoms. The van der Waals surface area contributed by atoms with Gasteiger partial charge in [-0.1, -0.05) is 17.7 Å². The quantitative estimate of drug-likeness (QED) is 0.889. The monoisotopic (exact) mass is 270 g/mol. The number of hydrogen-bond acceptors (Lipinski definition) is 2. The number of piperazine rings is 1. The fourth-order valence-electron chi connectivity index (χ4n) is 2.17. The molecule has 0 bridgehead atoms. The van der Waals surface area contributed by atoms with Gasteiger partial charge in [0.05, 0.1) is 6.42 Å². The maximum Gasteiger partial charge on any atom is 0.227 e. The van der Waals surface area contributed by atoms with E-state index in [0.717, 1.165) is 13.1 Å². The molecule has 0 saturated carbocycles. The maximum absolute atomic E-state index is 13.6. The molecule has 1 atom stereocenters. The van der Waals surface area contributed by atoms with Gasteiger partial charge in [0.1, 0.15) is 5.82 Å². The molecule has 18 heavy (non-hydrogen) atoms. The highest BCUT2D eigenvalue weighted by atomic mass is 35.5. The van der Waals surface area contributed by atoms with Gasteiger partial charge in [-0.05, 0) is 19.1 Å². The Balaban J connectivity index is 2.11. The molecule has 1 aromatic carbocycles. The molecule has 0 aliphatic carbocycles. The van der Waals surface area contributed by atoms with E-state index in [-0.39, 0.29) is 23.9 Å². The van der Waals surface area contributed by atoms with Crippen LogP contribution in [0.4, 0.5) is 4.39 Å².